The lowest BCUT2D eigenvalue weighted by Gasteiger charge is -2.09. The molecular weight excluding hydrogens is 252 g/mol. The number of carbonyl (C=O) groups excluding carboxylic acids is 1. The zero-order valence-electron chi connectivity index (χ0n) is 10.8. The summed E-state index contributed by atoms with van der Waals surface area (Å²) in [5.41, 5.74) is -0.301. The number of rotatable bonds is 6. The van der Waals surface area contributed by atoms with Crippen molar-refractivity contribution in [1.82, 2.24) is 0 Å². The van der Waals surface area contributed by atoms with Crippen LogP contribution in [-0.2, 0) is 4.74 Å². The Morgan fingerprint density at radius 2 is 2.11 bits per heavy atom. The van der Waals surface area contributed by atoms with E-state index in [1.807, 2.05) is 0 Å². The van der Waals surface area contributed by atoms with Crippen molar-refractivity contribution in [2.45, 2.75) is 25.7 Å². The van der Waals surface area contributed by atoms with Crippen molar-refractivity contribution >= 4 is 11.7 Å². The number of ether oxygens (including phenoxy) is 1. The van der Waals surface area contributed by atoms with Crippen molar-refractivity contribution in [3.63, 3.8) is 0 Å². The third-order valence-electron chi connectivity index (χ3n) is 3.29. The van der Waals surface area contributed by atoms with E-state index in [-0.39, 0.29) is 11.3 Å². The van der Waals surface area contributed by atoms with Crippen LogP contribution in [0.2, 0.25) is 0 Å². The SMILES string of the molecule is COC(=O)c1ccc(NCCCC2CC2)c(F)c1F. The summed E-state index contributed by atoms with van der Waals surface area (Å²) in [5.74, 6) is -2.25. The second-order valence-electron chi connectivity index (χ2n) is 4.79. The highest BCUT2D eigenvalue weighted by atomic mass is 19.2. The molecule has 5 heteroatoms. The molecule has 0 atom stereocenters. The molecule has 2 rings (SSSR count). The highest BCUT2D eigenvalue weighted by molar-refractivity contribution is 5.90. The van der Waals surface area contributed by atoms with Crippen molar-refractivity contribution in [2.75, 3.05) is 19.0 Å². The standard InChI is InChI=1S/C14H17F2NO2/c1-19-14(18)10-6-7-11(13(16)12(10)15)17-8-2-3-9-4-5-9/h6-7,9,17H,2-5,8H2,1H3. The van der Waals surface area contributed by atoms with Gasteiger partial charge in [-0.05, 0) is 30.9 Å². The third-order valence-corrected chi connectivity index (χ3v) is 3.29. The van der Waals surface area contributed by atoms with E-state index in [1.165, 1.54) is 25.0 Å². The predicted molar refractivity (Wildman–Crippen MR) is 68.1 cm³/mol. The van der Waals surface area contributed by atoms with E-state index < -0.39 is 17.6 Å². The highest BCUT2D eigenvalue weighted by Crippen LogP contribution is 2.33. The van der Waals surface area contributed by atoms with E-state index in [0.29, 0.717) is 6.54 Å². The van der Waals surface area contributed by atoms with Gasteiger partial charge in [0.05, 0.1) is 18.4 Å². The molecule has 104 valence electrons. The second-order valence-corrected chi connectivity index (χ2v) is 4.79. The van der Waals surface area contributed by atoms with Crippen molar-refractivity contribution in [2.24, 2.45) is 5.92 Å². The molecular formula is C14H17F2NO2. The summed E-state index contributed by atoms with van der Waals surface area (Å²) in [4.78, 5) is 11.2. The molecule has 19 heavy (non-hydrogen) atoms. The van der Waals surface area contributed by atoms with Gasteiger partial charge in [-0.15, -0.1) is 0 Å². The van der Waals surface area contributed by atoms with Gasteiger partial charge in [-0.1, -0.05) is 12.8 Å². The molecule has 0 aliphatic heterocycles. The largest absolute Gasteiger partial charge is 0.465 e. The van der Waals surface area contributed by atoms with Crippen molar-refractivity contribution in [3.05, 3.63) is 29.3 Å². The molecule has 0 amide bonds. The quantitative estimate of drug-likeness (QED) is 0.635. The number of hydrogen-bond acceptors (Lipinski definition) is 3. The molecule has 1 aliphatic rings. The molecule has 0 bridgehead atoms. The molecule has 0 saturated heterocycles. The van der Waals surface area contributed by atoms with E-state index in [1.54, 1.807) is 0 Å². The van der Waals surface area contributed by atoms with Crippen LogP contribution in [0.3, 0.4) is 0 Å². The van der Waals surface area contributed by atoms with Crippen LogP contribution in [0.15, 0.2) is 12.1 Å². The molecule has 1 N–H and O–H groups in total. The lowest BCUT2D eigenvalue weighted by atomic mass is 10.1. The fourth-order valence-electron chi connectivity index (χ4n) is 1.97. The van der Waals surface area contributed by atoms with Gasteiger partial charge in [0.25, 0.3) is 0 Å². The number of esters is 1. The Kier molecular flexibility index (Phi) is 4.35. The number of methoxy groups -OCH3 is 1. The first kappa shape index (κ1) is 13.8. The van der Waals surface area contributed by atoms with Gasteiger partial charge in [0.1, 0.15) is 0 Å². The van der Waals surface area contributed by atoms with E-state index in [0.717, 1.165) is 25.9 Å². The second kappa shape index (κ2) is 5.99. The minimum atomic E-state index is -1.17. The first-order valence-electron chi connectivity index (χ1n) is 6.43. The van der Waals surface area contributed by atoms with Crippen LogP contribution in [0.5, 0.6) is 0 Å². The first-order valence-corrected chi connectivity index (χ1v) is 6.43. The number of hydrogen-bond donors (Lipinski definition) is 1. The fraction of sp³-hybridized carbons (Fsp3) is 0.500. The summed E-state index contributed by atoms with van der Waals surface area (Å²) >= 11 is 0. The van der Waals surface area contributed by atoms with Gasteiger partial charge in [0.2, 0.25) is 0 Å². The number of carbonyl (C=O) groups is 1. The van der Waals surface area contributed by atoms with Gasteiger partial charge in [-0.2, -0.15) is 0 Å². The van der Waals surface area contributed by atoms with Crippen LogP contribution < -0.4 is 5.32 Å². The van der Waals surface area contributed by atoms with Crippen LogP contribution in [-0.4, -0.2) is 19.6 Å². The summed E-state index contributed by atoms with van der Waals surface area (Å²) in [6, 6.07) is 2.59. The Hall–Kier alpha value is -1.65. The van der Waals surface area contributed by atoms with Gasteiger partial charge < -0.3 is 10.1 Å². The molecule has 0 radical (unpaired) electrons. The number of anilines is 1. The smallest absolute Gasteiger partial charge is 0.340 e. The van der Waals surface area contributed by atoms with Crippen molar-refractivity contribution in [3.8, 4) is 0 Å². The van der Waals surface area contributed by atoms with Gasteiger partial charge in [0.15, 0.2) is 11.6 Å². The average Bonchev–Trinajstić information content (AvgIpc) is 3.22. The van der Waals surface area contributed by atoms with Crippen LogP contribution in [0.25, 0.3) is 0 Å². The molecule has 0 heterocycles. The van der Waals surface area contributed by atoms with E-state index in [9.17, 15) is 13.6 Å². The summed E-state index contributed by atoms with van der Waals surface area (Å²) in [5, 5.41) is 2.85. The van der Waals surface area contributed by atoms with Gasteiger partial charge >= 0.3 is 5.97 Å². The molecule has 1 aliphatic carbocycles. The summed E-state index contributed by atoms with van der Waals surface area (Å²) in [6.07, 6.45) is 4.63. The molecule has 1 fully saturated rings. The van der Waals surface area contributed by atoms with Crippen LogP contribution in [0, 0.1) is 17.6 Å². The minimum absolute atomic E-state index is 0.0842. The Morgan fingerprint density at radius 1 is 1.37 bits per heavy atom. The van der Waals surface area contributed by atoms with E-state index in [2.05, 4.69) is 10.1 Å². The number of nitrogens with one attached hydrogen (secondary N) is 1. The third kappa shape index (κ3) is 3.43. The zero-order valence-corrected chi connectivity index (χ0v) is 10.8. The lowest BCUT2D eigenvalue weighted by Crippen LogP contribution is -2.10. The molecule has 0 aromatic heterocycles. The lowest BCUT2D eigenvalue weighted by molar-refractivity contribution is 0.0594. The Labute approximate surface area is 111 Å². The zero-order chi connectivity index (χ0) is 13.8. The van der Waals surface area contributed by atoms with E-state index in [4.69, 9.17) is 0 Å². The van der Waals surface area contributed by atoms with Crippen LogP contribution >= 0.6 is 0 Å². The van der Waals surface area contributed by atoms with Gasteiger partial charge in [-0.3, -0.25) is 0 Å². The van der Waals surface area contributed by atoms with Crippen LogP contribution in [0.4, 0.5) is 14.5 Å². The molecule has 1 aromatic rings. The number of halogens is 2. The molecule has 1 saturated carbocycles. The van der Waals surface area contributed by atoms with Gasteiger partial charge in [-0.25, -0.2) is 13.6 Å². The maximum atomic E-state index is 13.7. The van der Waals surface area contributed by atoms with Crippen LogP contribution in [0.1, 0.15) is 36.0 Å². The molecule has 0 spiro atoms. The maximum absolute atomic E-state index is 13.7. The molecule has 0 unspecified atom stereocenters. The fourth-order valence-corrected chi connectivity index (χ4v) is 1.97. The normalized spacial score (nSPS) is 14.3. The summed E-state index contributed by atoms with van der Waals surface area (Å²) in [7, 11) is 1.13. The first-order chi connectivity index (χ1) is 9.13. The van der Waals surface area contributed by atoms with Crippen molar-refractivity contribution < 1.29 is 18.3 Å². The molecule has 3 nitrogen and oxygen atoms in total. The van der Waals surface area contributed by atoms with Crippen molar-refractivity contribution in [1.29, 1.82) is 0 Å². The summed E-state index contributed by atoms with van der Waals surface area (Å²) < 4.78 is 31.7. The summed E-state index contributed by atoms with van der Waals surface area (Å²) in [6.45, 7) is 0.602. The monoisotopic (exact) mass is 269 g/mol. The average molecular weight is 269 g/mol. The van der Waals surface area contributed by atoms with E-state index >= 15 is 0 Å². The maximum Gasteiger partial charge on any atom is 0.340 e. The topological polar surface area (TPSA) is 38.3 Å². The van der Waals surface area contributed by atoms with Gasteiger partial charge in [0, 0.05) is 6.54 Å². The molecule has 1 aromatic carbocycles. The predicted octanol–water partition coefficient (Wildman–Crippen LogP) is 3.35. The Bertz CT molecular complexity index is 473. The Balaban J connectivity index is 1.96. The highest BCUT2D eigenvalue weighted by Gasteiger charge is 2.21. The minimum Gasteiger partial charge on any atom is -0.465 e. The Morgan fingerprint density at radius 3 is 2.74 bits per heavy atom. The number of benzene rings is 1.